The molecule has 0 bridgehead atoms. The second-order valence-corrected chi connectivity index (χ2v) is 5.83. The lowest BCUT2D eigenvalue weighted by molar-refractivity contribution is 0.191. The molecule has 1 aliphatic rings. The first-order valence-corrected chi connectivity index (χ1v) is 7.51. The Balaban J connectivity index is 2.20. The molecule has 1 aromatic rings. The average molecular weight is 316 g/mol. The Hall–Kier alpha value is -1.18. The molecule has 2 unspecified atom stereocenters. The lowest BCUT2D eigenvalue weighted by Gasteiger charge is -2.26. The lowest BCUT2D eigenvalue weighted by atomic mass is 10.2. The van der Waals surface area contributed by atoms with Crippen molar-refractivity contribution in [3.05, 3.63) is 5.28 Å². The summed E-state index contributed by atoms with van der Waals surface area (Å²) < 4.78 is 5.43. The van der Waals surface area contributed by atoms with Crippen molar-refractivity contribution in [2.75, 3.05) is 38.7 Å². The van der Waals surface area contributed by atoms with Gasteiger partial charge in [-0.3, -0.25) is 0 Å². The normalized spacial score (nSPS) is 22.1. The number of aromatic nitrogens is 3. The number of nitrogens with zero attached hydrogens (tertiary/aromatic N) is 5. The molecule has 0 aromatic carbocycles. The summed E-state index contributed by atoms with van der Waals surface area (Å²) in [4.78, 5) is 16.5. The summed E-state index contributed by atoms with van der Waals surface area (Å²) in [6, 6.07) is 0.379. The molecule has 0 aliphatic carbocycles. The molecule has 0 saturated carbocycles. The molecule has 1 aliphatic heterocycles. The Labute approximate surface area is 129 Å². The number of β-amino-alcohol motifs (C(OH)–C–C–N with tert-alkyl or cyclic N) is 1. The van der Waals surface area contributed by atoms with E-state index in [2.05, 4.69) is 19.9 Å². The van der Waals surface area contributed by atoms with Crippen LogP contribution in [0, 0.1) is 0 Å². The van der Waals surface area contributed by atoms with Gasteiger partial charge in [-0.2, -0.15) is 15.0 Å². The molecule has 118 valence electrons. The van der Waals surface area contributed by atoms with Gasteiger partial charge in [0.25, 0.3) is 0 Å². The number of aliphatic hydroxyl groups is 1. The fraction of sp³-hybridized carbons (Fsp3) is 0.769. The van der Waals surface area contributed by atoms with Gasteiger partial charge in [0.2, 0.25) is 11.2 Å². The summed E-state index contributed by atoms with van der Waals surface area (Å²) in [7, 11) is 4.00. The summed E-state index contributed by atoms with van der Waals surface area (Å²) in [6.45, 7) is 3.84. The van der Waals surface area contributed by atoms with Gasteiger partial charge in [-0.15, -0.1) is 0 Å². The number of ether oxygens (including phenoxy) is 1. The van der Waals surface area contributed by atoms with Crippen LogP contribution in [0.15, 0.2) is 0 Å². The largest absolute Gasteiger partial charge is 0.463 e. The van der Waals surface area contributed by atoms with E-state index >= 15 is 0 Å². The highest BCUT2D eigenvalue weighted by molar-refractivity contribution is 6.28. The van der Waals surface area contributed by atoms with E-state index in [1.54, 1.807) is 0 Å². The van der Waals surface area contributed by atoms with E-state index in [1.807, 2.05) is 25.9 Å². The number of likely N-dealkylation sites (N-methyl/N-ethyl adjacent to an activating group) is 1. The summed E-state index contributed by atoms with van der Waals surface area (Å²) >= 11 is 5.96. The number of anilines is 1. The Morgan fingerprint density at radius 1 is 1.38 bits per heavy atom. The van der Waals surface area contributed by atoms with Gasteiger partial charge >= 0.3 is 6.01 Å². The van der Waals surface area contributed by atoms with Gasteiger partial charge in [0.05, 0.1) is 12.7 Å². The van der Waals surface area contributed by atoms with Crippen LogP contribution in [-0.2, 0) is 0 Å². The fourth-order valence-corrected chi connectivity index (χ4v) is 2.59. The molecule has 8 heteroatoms. The van der Waals surface area contributed by atoms with E-state index in [9.17, 15) is 5.11 Å². The third kappa shape index (κ3) is 4.39. The Morgan fingerprint density at radius 2 is 2.14 bits per heavy atom. The van der Waals surface area contributed by atoms with Crippen LogP contribution in [0.5, 0.6) is 6.01 Å². The first-order chi connectivity index (χ1) is 9.99. The standard InChI is InChI=1S/C13H22ClN5O2/c1-4-5-21-13-16-11(14)15-12(17-13)19-8-10(20)6-9(19)7-18(2)3/h9-10,20H,4-8H2,1-3H3. The van der Waals surface area contributed by atoms with Crippen LogP contribution >= 0.6 is 11.6 Å². The van der Waals surface area contributed by atoms with Gasteiger partial charge in [-0.25, -0.2) is 0 Å². The molecule has 1 N–H and O–H groups in total. The predicted octanol–water partition coefficient (Wildman–Crippen LogP) is 0.815. The maximum Gasteiger partial charge on any atom is 0.322 e. The Kier molecular flexibility index (Phi) is 5.55. The van der Waals surface area contributed by atoms with Crippen LogP contribution in [-0.4, -0.2) is 70.9 Å². The minimum absolute atomic E-state index is 0.107. The number of hydrogen-bond acceptors (Lipinski definition) is 7. The van der Waals surface area contributed by atoms with E-state index in [-0.39, 0.29) is 23.4 Å². The van der Waals surface area contributed by atoms with Gasteiger partial charge < -0.3 is 19.6 Å². The molecule has 1 saturated heterocycles. The summed E-state index contributed by atoms with van der Waals surface area (Å²) in [5.41, 5.74) is 0. The molecule has 2 atom stereocenters. The fourth-order valence-electron chi connectivity index (χ4n) is 2.44. The Morgan fingerprint density at radius 3 is 2.81 bits per heavy atom. The average Bonchev–Trinajstić information content (AvgIpc) is 2.75. The molecule has 0 amide bonds. The highest BCUT2D eigenvalue weighted by Crippen LogP contribution is 2.25. The van der Waals surface area contributed by atoms with Crippen molar-refractivity contribution in [2.45, 2.75) is 31.9 Å². The van der Waals surface area contributed by atoms with E-state index in [0.717, 1.165) is 13.0 Å². The van der Waals surface area contributed by atoms with Crippen molar-refractivity contribution in [3.8, 4) is 6.01 Å². The van der Waals surface area contributed by atoms with Gasteiger partial charge in [-0.05, 0) is 38.5 Å². The van der Waals surface area contributed by atoms with E-state index in [1.165, 1.54) is 0 Å². The molecular formula is C13H22ClN5O2. The summed E-state index contributed by atoms with van der Waals surface area (Å²) in [5.74, 6) is 0.463. The third-order valence-corrected chi connectivity index (χ3v) is 3.41. The quantitative estimate of drug-likeness (QED) is 0.832. The van der Waals surface area contributed by atoms with Crippen LogP contribution in [0.4, 0.5) is 5.95 Å². The molecular weight excluding hydrogens is 294 g/mol. The highest BCUT2D eigenvalue weighted by atomic mass is 35.5. The van der Waals surface area contributed by atoms with Gasteiger partial charge in [0, 0.05) is 19.1 Å². The SMILES string of the molecule is CCCOc1nc(Cl)nc(N2CC(O)CC2CN(C)C)n1. The predicted molar refractivity (Wildman–Crippen MR) is 80.9 cm³/mol. The topological polar surface area (TPSA) is 74.6 Å². The molecule has 1 fully saturated rings. The third-order valence-electron chi connectivity index (χ3n) is 3.24. The number of halogens is 1. The second-order valence-electron chi connectivity index (χ2n) is 5.49. The Bertz CT molecular complexity index is 474. The maximum absolute atomic E-state index is 9.93. The van der Waals surface area contributed by atoms with E-state index < -0.39 is 0 Å². The van der Waals surface area contributed by atoms with Crippen LogP contribution in [0.2, 0.25) is 5.28 Å². The molecule has 0 spiro atoms. The van der Waals surface area contributed by atoms with Crippen molar-refractivity contribution >= 4 is 17.5 Å². The van der Waals surface area contributed by atoms with Crippen LogP contribution in [0.3, 0.4) is 0 Å². The number of aliphatic hydroxyl groups excluding tert-OH is 1. The minimum atomic E-state index is -0.384. The summed E-state index contributed by atoms with van der Waals surface area (Å²) in [6.07, 6.45) is 1.17. The molecule has 1 aromatic heterocycles. The first kappa shape index (κ1) is 16.2. The van der Waals surface area contributed by atoms with Crippen molar-refractivity contribution in [1.29, 1.82) is 0 Å². The van der Waals surface area contributed by atoms with Crippen LogP contribution < -0.4 is 9.64 Å². The van der Waals surface area contributed by atoms with Crippen LogP contribution in [0.25, 0.3) is 0 Å². The number of hydrogen-bond donors (Lipinski definition) is 1. The maximum atomic E-state index is 9.93. The second kappa shape index (κ2) is 7.20. The van der Waals surface area contributed by atoms with Gasteiger partial charge in [0.15, 0.2) is 0 Å². The zero-order valence-electron chi connectivity index (χ0n) is 12.7. The molecule has 0 radical (unpaired) electrons. The highest BCUT2D eigenvalue weighted by Gasteiger charge is 2.33. The molecule has 21 heavy (non-hydrogen) atoms. The van der Waals surface area contributed by atoms with Gasteiger partial charge in [0.1, 0.15) is 0 Å². The van der Waals surface area contributed by atoms with E-state index in [4.69, 9.17) is 16.3 Å². The number of rotatable bonds is 6. The molecule has 7 nitrogen and oxygen atoms in total. The minimum Gasteiger partial charge on any atom is -0.463 e. The van der Waals surface area contributed by atoms with Crippen molar-refractivity contribution in [2.24, 2.45) is 0 Å². The first-order valence-electron chi connectivity index (χ1n) is 7.13. The molecule has 2 heterocycles. The lowest BCUT2D eigenvalue weighted by Crippen LogP contribution is -2.38. The van der Waals surface area contributed by atoms with Crippen molar-refractivity contribution in [3.63, 3.8) is 0 Å². The van der Waals surface area contributed by atoms with E-state index in [0.29, 0.717) is 25.5 Å². The smallest absolute Gasteiger partial charge is 0.322 e. The monoisotopic (exact) mass is 315 g/mol. The van der Waals surface area contributed by atoms with Gasteiger partial charge in [-0.1, -0.05) is 6.92 Å². The van der Waals surface area contributed by atoms with Crippen molar-refractivity contribution < 1.29 is 9.84 Å². The zero-order chi connectivity index (χ0) is 15.4. The van der Waals surface area contributed by atoms with Crippen LogP contribution in [0.1, 0.15) is 19.8 Å². The summed E-state index contributed by atoms with van der Waals surface area (Å²) in [5, 5.41) is 10.0. The zero-order valence-corrected chi connectivity index (χ0v) is 13.4. The molecule has 2 rings (SSSR count). The van der Waals surface area contributed by atoms with Crippen molar-refractivity contribution in [1.82, 2.24) is 19.9 Å².